The number of carbonyl (C=O) groups excluding carboxylic acids is 1. The Morgan fingerprint density at radius 2 is 2.24 bits per heavy atom. The molecule has 0 aliphatic carbocycles. The molecule has 1 aromatic rings. The maximum Gasteiger partial charge on any atom is 0.356 e. The SMILES string of the molecule is CC(=O)c1sc(N2CCCC2C)nc1C(=O)O. The molecule has 1 aliphatic heterocycles. The molecule has 2 rings (SSSR count). The van der Waals surface area contributed by atoms with E-state index in [4.69, 9.17) is 5.11 Å². The van der Waals surface area contributed by atoms with E-state index < -0.39 is 5.97 Å². The lowest BCUT2D eigenvalue weighted by Crippen LogP contribution is -2.26. The van der Waals surface area contributed by atoms with Gasteiger partial charge in [0.25, 0.3) is 0 Å². The van der Waals surface area contributed by atoms with Crippen LogP contribution in [0.4, 0.5) is 5.13 Å². The molecular weight excluding hydrogens is 240 g/mol. The van der Waals surface area contributed by atoms with Crippen LogP contribution in [0.1, 0.15) is 46.8 Å². The van der Waals surface area contributed by atoms with E-state index in [1.807, 2.05) is 0 Å². The summed E-state index contributed by atoms with van der Waals surface area (Å²) in [5.74, 6) is -1.37. The number of ketones is 1. The summed E-state index contributed by atoms with van der Waals surface area (Å²) in [6.07, 6.45) is 2.16. The van der Waals surface area contributed by atoms with Crippen LogP contribution in [0.5, 0.6) is 0 Å². The van der Waals surface area contributed by atoms with Crippen molar-refractivity contribution in [1.82, 2.24) is 4.98 Å². The number of carboxylic acid groups (broad SMARTS) is 1. The summed E-state index contributed by atoms with van der Waals surface area (Å²) in [4.78, 5) is 28.8. The van der Waals surface area contributed by atoms with Crippen LogP contribution in [0.3, 0.4) is 0 Å². The van der Waals surface area contributed by atoms with Crippen LogP contribution in [-0.4, -0.2) is 34.4 Å². The number of aromatic nitrogens is 1. The van der Waals surface area contributed by atoms with Gasteiger partial charge in [0.15, 0.2) is 16.6 Å². The van der Waals surface area contributed by atoms with Crippen molar-refractivity contribution in [3.05, 3.63) is 10.6 Å². The first-order chi connectivity index (χ1) is 8.00. The smallest absolute Gasteiger partial charge is 0.356 e. The molecule has 1 fully saturated rings. The minimum atomic E-state index is -1.13. The van der Waals surface area contributed by atoms with Crippen molar-refractivity contribution in [3.8, 4) is 0 Å². The summed E-state index contributed by atoms with van der Waals surface area (Å²) >= 11 is 1.18. The molecule has 1 atom stereocenters. The number of aromatic carboxylic acids is 1. The van der Waals surface area contributed by atoms with E-state index in [0.717, 1.165) is 19.4 Å². The molecule has 1 aromatic heterocycles. The molecule has 1 N–H and O–H groups in total. The number of Topliss-reactive ketones (excluding diaryl/α,β-unsaturated/α-hetero) is 1. The average molecular weight is 254 g/mol. The van der Waals surface area contributed by atoms with Crippen molar-refractivity contribution in [2.24, 2.45) is 0 Å². The number of carbonyl (C=O) groups is 2. The van der Waals surface area contributed by atoms with Crippen molar-refractivity contribution in [3.63, 3.8) is 0 Å². The van der Waals surface area contributed by atoms with Gasteiger partial charge < -0.3 is 10.0 Å². The Bertz CT molecular complexity index is 438. The third-order valence-electron chi connectivity index (χ3n) is 2.94. The fourth-order valence-corrected chi connectivity index (χ4v) is 3.11. The minimum absolute atomic E-state index is 0.114. The highest BCUT2D eigenvalue weighted by molar-refractivity contribution is 7.17. The van der Waals surface area contributed by atoms with Crippen molar-refractivity contribution in [1.29, 1.82) is 0 Å². The van der Waals surface area contributed by atoms with Crippen LogP contribution < -0.4 is 4.90 Å². The number of thiazole rings is 1. The minimum Gasteiger partial charge on any atom is -0.476 e. The third kappa shape index (κ3) is 2.17. The number of hydrogen-bond donors (Lipinski definition) is 1. The van der Waals surface area contributed by atoms with Crippen LogP contribution >= 0.6 is 11.3 Å². The first-order valence-corrected chi connectivity index (χ1v) is 6.34. The summed E-state index contributed by atoms with van der Waals surface area (Å²) in [6.45, 7) is 4.34. The van der Waals surface area contributed by atoms with Gasteiger partial charge in [-0.05, 0) is 19.8 Å². The lowest BCUT2D eigenvalue weighted by atomic mass is 10.2. The highest BCUT2D eigenvalue weighted by Crippen LogP contribution is 2.31. The molecule has 0 aromatic carbocycles. The van der Waals surface area contributed by atoms with Crippen LogP contribution in [0, 0.1) is 0 Å². The highest BCUT2D eigenvalue weighted by atomic mass is 32.1. The zero-order valence-corrected chi connectivity index (χ0v) is 10.6. The maximum atomic E-state index is 11.4. The molecule has 1 unspecified atom stereocenters. The van der Waals surface area contributed by atoms with E-state index in [9.17, 15) is 9.59 Å². The van der Waals surface area contributed by atoms with Crippen molar-refractivity contribution in [2.45, 2.75) is 32.7 Å². The van der Waals surface area contributed by atoms with Gasteiger partial charge in [-0.15, -0.1) is 0 Å². The highest BCUT2D eigenvalue weighted by Gasteiger charge is 2.27. The van der Waals surface area contributed by atoms with Gasteiger partial charge in [-0.2, -0.15) is 0 Å². The van der Waals surface area contributed by atoms with Gasteiger partial charge in [0, 0.05) is 19.5 Å². The lowest BCUT2D eigenvalue weighted by Gasteiger charge is -2.19. The summed E-state index contributed by atoms with van der Waals surface area (Å²) in [7, 11) is 0. The second-order valence-corrected chi connectivity index (χ2v) is 5.20. The van der Waals surface area contributed by atoms with Gasteiger partial charge >= 0.3 is 5.97 Å². The molecule has 1 saturated heterocycles. The molecule has 1 aliphatic rings. The summed E-state index contributed by atoms with van der Waals surface area (Å²) in [6, 6.07) is 0.364. The third-order valence-corrected chi connectivity index (χ3v) is 4.13. The Labute approximate surface area is 103 Å². The number of nitrogens with zero attached hydrogens (tertiary/aromatic N) is 2. The van der Waals surface area contributed by atoms with Gasteiger partial charge in [0.1, 0.15) is 4.88 Å². The van der Waals surface area contributed by atoms with Gasteiger partial charge in [-0.1, -0.05) is 11.3 Å². The fourth-order valence-electron chi connectivity index (χ4n) is 2.03. The second-order valence-electron chi connectivity index (χ2n) is 4.22. The van der Waals surface area contributed by atoms with E-state index in [-0.39, 0.29) is 16.4 Å². The van der Waals surface area contributed by atoms with Crippen LogP contribution in [-0.2, 0) is 0 Å². The molecule has 0 bridgehead atoms. The van der Waals surface area contributed by atoms with Gasteiger partial charge in [-0.25, -0.2) is 9.78 Å². The molecule has 0 saturated carbocycles. The molecule has 0 spiro atoms. The molecule has 92 valence electrons. The Morgan fingerprint density at radius 3 is 2.65 bits per heavy atom. The van der Waals surface area contributed by atoms with E-state index in [1.165, 1.54) is 18.3 Å². The Hall–Kier alpha value is -1.43. The average Bonchev–Trinajstić information content (AvgIpc) is 2.82. The van der Waals surface area contributed by atoms with Crippen molar-refractivity contribution in [2.75, 3.05) is 11.4 Å². The molecule has 6 heteroatoms. The number of carboxylic acids is 1. The molecular formula is C11H14N2O3S. The van der Waals surface area contributed by atoms with Crippen LogP contribution in [0.2, 0.25) is 0 Å². The van der Waals surface area contributed by atoms with Gasteiger partial charge in [0.2, 0.25) is 0 Å². The Morgan fingerprint density at radius 1 is 1.53 bits per heavy atom. The van der Waals surface area contributed by atoms with Crippen LogP contribution in [0.25, 0.3) is 0 Å². The zero-order chi connectivity index (χ0) is 12.6. The first kappa shape index (κ1) is 12.0. The van der Waals surface area contributed by atoms with E-state index in [2.05, 4.69) is 16.8 Å². The number of hydrogen-bond acceptors (Lipinski definition) is 5. The normalized spacial score (nSPS) is 19.6. The van der Waals surface area contributed by atoms with Crippen molar-refractivity contribution >= 4 is 28.2 Å². The van der Waals surface area contributed by atoms with Crippen LogP contribution in [0.15, 0.2) is 0 Å². The summed E-state index contributed by atoms with van der Waals surface area (Å²) < 4.78 is 0. The molecule has 17 heavy (non-hydrogen) atoms. The summed E-state index contributed by atoms with van der Waals surface area (Å²) in [5.41, 5.74) is -0.114. The van der Waals surface area contributed by atoms with E-state index >= 15 is 0 Å². The second kappa shape index (κ2) is 4.44. The molecule has 0 amide bonds. The predicted octanol–water partition coefficient (Wildman–Crippen LogP) is 2.03. The van der Waals surface area contributed by atoms with E-state index in [1.54, 1.807) is 0 Å². The Balaban J connectivity index is 2.40. The lowest BCUT2D eigenvalue weighted by molar-refractivity contribution is 0.0687. The monoisotopic (exact) mass is 254 g/mol. The quantitative estimate of drug-likeness (QED) is 0.836. The predicted molar refractivity (Wildman–Crippen MR) is 65.1 cm³/mol. The molecule has 5 nitrogen and oxygen atoms in total. The first-order valence-electron chi connectivity index (χ1n) is 5.52. The number of anilines is 1. The van der Waals surface area contributed by atoms with Gasteiger partial charge in [0.05, 0.1) is 0 Å². The molecule has 0 radical (unpaired) electrons. The standard InChI is InChI=1S/C11H14N2O3S/c1-6-4-3-5-13(6)11-12-8(10(15)16)9(17-11)7(2)14/h6H,3-5H2,1-2H3,(H,15,16). The maximum absolute atomic E-state index is 11.4. The zero-order valence-electron chi connectivity index (χ0n) is 9.77. The fraction of sp³-hybridized carbons (Fsp3) is 0.545. The molecule has 2 heterocycles. The van der Waals surface area contributed by atoms with Crippen molar-refractivity contribution < 1.29 is 14.7 Å². The largest absolute Gasteiger partial charge is 0.476 e. The topological polar surface area (TPSA) is 70.5 Å². The summed E-state index contributed by atoms with van der Waals surface area (Å²) in [5, 5.41) is 9.66. The van der Waals surface area contributed by atoms with E-state index in [0.29, 0.717) is 11.2 Å². The Kier molecular flexibility index (Phi) is 3.15. The van der Waals surface area contributed by atoms with Gasteiger partial charge in [-0.3, -0.25) is 4.79 Å². The number of rotatable bonds is 3.